The normalized spacial score (nSPS) is 19.5. The van der Waals surface area contributed by atoms with Crippen molar-refractivity contribution in [1.82, 2.24) is 4.90 Å². The molecule has 1 heterocycles. The van der Waals surface area contributed by atoms with E-state index in [2.05, 4.69) is 49.9 Å². The minimum atomic E-state index is -3.54. The van der Waals surface area contributed by atoms with Crippen LogP contribution < -0.4 is 0 Å². The third-order valence-corrected chi connectivity index (χ3v) is 6.05. The molecule has 5 nitrogen and oxygen atoms in total. The second-order valence-electron chi connectivity index (χ2n) is 7.55. The first-order valence-corrected chi connectivity index (χ1v) is 10.2. The number of hydrogen-bond acceptors (Lipinski definition) is 4. The van der Waals surface area contributed by atoms with Crippen molar-refractivity contribution in [3.05, 3.63) is 35.4 Å². The molecule has 6 heteroatoms. The van der Waals surface area contributed by atoms with E-state index < -0.39 is 21.6 Å². The molecule has 1 atom stereocenters. The Bertz CT molecular complexity index is 674. The van der Waals surface area contributed by atoms with E-state index >= 15 is 0 Å². The molecule has 0 radical (unpaired) electrons. The Morgan fingerprint density at radius 2 is 1.88 bits per heavy atom. The van der Waals surface area contributed by atoms with Gasteiger partial charge in [-0.05, 0) is 35.9 Å². The molecule has 0 aliphatic carbocycles. The summed E-state index contributed by atoms with van der Waals surface area (Å²) in [7, 11) is -3.54. The number of carboxylic acid groups (broad SMARTS) is 1. The number of sulfone groups is 1. The Hall–Kier alpha value is -1.40. The quantitative estimate of drug-likeness (QED) is 0.851. The summed E-state index contributed by atoms with van der Waals surface area (Å²) in [5.74, 6) is -2.17. The van der Waals surface area contributed by atoms with Crippen LogP contribution in [-0.2, 0) is 20.0 Å². The van der Waals surface area contributed by atoms with Crippen molar-refractivity contribution < 1.29 is 18.3 Å². The summed E-state index contributed by atoms with van der Waals surface area (Å²) in [4.78, 5) is 12.8. The van der Waals surface area contributed by atoms with Crippen molar-refractivity contribution >= 4 is 15.8 Å². The number of carboxylic acids is 1. The first kappa shape index (κ1) is 18.9. The molecule has 1 aromatic rings. The lowest BCUT2D eigenvalue weighted by atomic mass is 9.86. The Morgan fingerprint density at radius 1 is 1.25 bits per heavy atom. The zero-order valence-electron chi connectivity index (χ0n) is 14.7. The number of hydrogen-bond donors (Lipinski definition) is 1. The Kier molecular flexibility index (Phi) is 5.71. The van der Waals surface area contributed by atoms with Crippen molar-refractivity contribution in [2.24, 2.45) is 0 Å². The van der Waals surface area contributed by atoms with Crippen molar-refractivity contribution in [2.45, 2.75) is 45.1 Å². The molecule has 0 amide bonds. The topological polar surface area (TPSA) is 74.7 Å². The average Bonchev–Trinajstić information content (AvgIpc) is 2.91. The zero-order chi connectivity index (χ0) is 18.0. The third-order valence-electron chi connectivity index (χ3n) is 4.56. The lowest BCUT2D eigenvalue weighted by molar-refractivity contribution is -0.134. The fourth-order valence-corrected chi connectivity index (χ4v) is 4.23. The van der Waals surface area contributed by atoms with E-state index in [0.29, 0.717) is 6.54 Å². The van der Waals surface area contributed by atoms with Gasteiger partial charge in [-0.15, -0.1) is 0 Å². The predicted octanol–water partition coefficient (Wildman–Crippen LogP) is 2.62. The molecule has 2 rings (SSSR count). The summed E-state index contributed by atoms with van der Waals surface area (Å²) in [6.07, 6.45) is 2.04. The Labute approximate surface area is 144 Å². The first-order valence-electron chi connectivity index (χ1n) is 8.35. The van der Waals surface area contributed by atoms with Gasteiger partial charge in [-0.1, -0.05) is 45.0 Å². The first-order chi connectivity index (χ1) is 11.1. The molecule has 1 aliphatic heterocycles. The van der Waals surface area contributed by atoms with Crippen LogP contribution in [0.15, 0.2) is 24.3 Å². The highest BCUT2D eigenvalue weighted by atomic mass is 32.2. The van der Waals surface area contributed by atoms with E-state index in [0.717, 1.165) is 19.4 Å². The number of benzene rings is 1. The molecule has 134 valence electrons. The summed E-state index contributed by atoms with van der Waals surface area (Å²) in [5, 5.41) is 8.67. The summed E-state index contributed by atoms with van der Waals surface area (Å²) in [5.41, 5.74) is 2.59. The van der Waals surface area contributed by atoms with Crippen molar-refractivity contribution in [2.75, 3.05) is 24.6 Å². The molecular weight excluding hydrogens is 326 g/mol. The lowest BCUT2D eigenvalue weighted by Gasteiger charge is -2.26. The second kappa shape index (κ2) is 7.23. The Balaban J connectivity index is 2.04. The van der Waals surface area contributed by atoms with Crippen molar-refractivity contribution in [3.8, 4) is 0 Å². The molecule has 1 N–H and O–H groups in total. The van der Waals surface area contributed by atoms with Gasteiger partial charge in [0.1, 0.15) is 5.75 Å². The standard InChI is InChI=1S/C18H27NO4S/c1-18(2,3)15-8-6-14(7-9-15)16-5-4-10-19(16)11-12-24(22,23)13-17(20)21/h6-9,16H,4-5,10-13H2,1-3H3,(H,20,21). The predicted molar refractivity (Wildman–Crippen MR) is 95.0 cm³/mol. The molecule has 1 aliphatic rings. The van der Waals surface area contributed by atoms with Gasteiger partial charge in [-0.3, -0.25) is 9.69 Å². The van der Waals surface area contributed by atoms with Gasteiger partial charge in [0.15, 0.2) is 9.84 Å². The summed E-state index contributed by atoms with van der Waals surface area (Å²) in [6.45, 7) is 7.78. The summed E-state index contributed by atoms with van der Waals surface area (Å²) >= 11 is 0. The molecule has 1 unspecified atom stereocenters. The van der Waals surface area contributed by atoms with Gasteiger partial charge in [-0.2, -0.15) is 0 Å². The molecule has 1 aromatic carbocycles. The molecule has 0 aromatic heterocycles. The van der Waals surface area contributed by atoms with Crippen LogP contribution in [0.4, 0.5) is 0 Å². The van der Waals surface area contributed by atoms with Crippen molar-refractivity contribution in [1.29, 1.82) is 0 Å². The SMILES string of the molecule is CC(C)(C)c1ccc(C2CCCN2CCS(=O)(=O)CC(=O)O)cc1. The molecule has 1 fully saturated rings. The number of aliphatic carboxylic acids is 1. The number of carbonyl (C=O) groups is 1. The molecule has 0 saturated carbocycles. The highest BCUT2D eigenvalue weighted by Crippen LogP contribution is 2.33. The fourth-order valence-electron chi connectivity index (χ4n) is 3.19. The lowest BCUT2D eigenvalue weighted by Crippen LogP contribution is -2.31. The minimum absolute atomic E-state index is 0.101. The molecule has 0 bridgehead atoms. The van der Waals surface area contributed by atoms with E-state index in [9.17, 15) is 13.2 Å². The Morgan fingerprint density at radius 3 is 2.42 bits per heavy atom. The van der Waals surface area contributed by atoms with Crippen LogP contribution in [-0.4, -0.2) is 49.0 Å². The maximum atomic E-state index is 11.8. The van der Waals surface area contributed by atoms with Gasteiger partial charge in [0, 0.05) is 12.6 Å². The smallest absolute Gasteiger partial charge is 0.318 e. The van der Waals surface area contributed by atoms with Crippen LogP contribution in [0.2, 0.25) is 0 Å². The maximum absolute atomic E-state index is 11.8. The van der Waals surface area contributed by atoms with E-state index in [1.54, 1.807) is 0 Å². The number of rotatable bonds is 6. The number of nitrogens with zero attached hydrogens (tertiary/aromatic N) is 1. The van der Waals surface area contributed by atoms with Crippen LogP contribution in [0.25, 0.3) is 0 Å². The molecule has 1 saturated heterocycles. The van der Waals surface area contributed by atoms with Crippen LogP contribution >= 0.6 is 0 Å². The maximum Gasteiger partial charge on any atom is 0.318 e. The fraction of sp³-hybridized carbons (Fsp3) is 0.611. The largest absolute Gasteiger partial charge is 0.480 e. The summed E-state index contributed by atoms with van der Waals surface area (Å²) < 4.78 is 23.6. The highest BCUT2D eigenvalue weighted by molar-refractivity contribution is 7.92. The van der Waals surface area contributed by atoms with E-state index in [4.69, 9.17) is 5.11 Å². The molecule has 24 heavy (non-hydrogen) atoms. The van der Waals surface area contributed by atoms with E-state index in [1.807, 2.05) is 0 Å². The van der Waals surface area contributed by atoms with Crippen LogP contribution in [0.3, 0.4) is 0 Å². The van der Waals surface area contributed by atoms with Gasteiger partial charge >= 0.3 is 5.97 Å². The second-order valence-corrected chi connectivity index (χ2v) is 9.74. The van der Waals surface area contributed by atoms with E-state index in [1.165, 1.54) is 11.1 Å². The number of likely N-dealkylation sites (tertiary alicyclic amines) is 1. The van der Waals surface area contributed by atoms with Crippen LogP contribution in [0.1, 0.15) is 50.8 Å². The van der Waals surface area contributed by atoms with Crippen LogP contribution in [0, 0.1) is 0 Å². The third kappa shape index (κ3) is 5.05. The molecular formula is C18H27NO4S. The van der Waals surface area contributed by atoms with Gasteiger partial charge in [0.05, 0.1) is 5.75 Å². The highest BCUT2D eigenvalue weighted by Gasteiger charge is 2.28. The zero-order valence-corrected chi connectivity index (χ0v) is 15.5. The van der Waals surface area contributed by atoms with Crippen molar-refractivity contribution in [3.63, 3.8) is 0 Å². The monoisotopic (exact) mass is 353 g/mol. The molecule has 0 spiro atoms. The van der Waals surface area contributed by atoms with Gasteiger partial charge in [-0.25, -0.2) is 8.42 Å². The van der Waals surface area contributed by atoms with Gasteiger partial charge in [0.25, 0.3) is 0 Å². The van der Waals surface area contributed by atoms with Gasteiger partial charge < -0.3 is 5.11 Å². The van der Waals surface area contributed by atoms with Crippen LogP contribution in [0.5, 0.6) is 0 Å². The minimum Gasteiger partial charge on any atom is -0.480 e. The van der Waals surface area contributed by atoms with Gasteiger partial charge in [0.2, 0.25) is 0 Å². The average molecular weight is 353 g/mol. The van der Waals surface area contributed by atoms with E-state index in [-0.39, 0.29) is 17.2 Å². The summed E-state index contributed by atoms with van der Waals surface area (Å²) in [6, 6.07) is 8.78.